The van der Waals surface area contributed by atoms with Gasteiger partial charge in [0.15, 0.2) is 22.7 Å². The molecule has 3 fully saturated rings. The summed E-state index contributed by atoms with van der Waals surface area (Å²) in [5.41, 5.74) is 1.31. The van der Waals surface area contributed by atoms with E-state index in [1.807, 2.05) is 0 Å². The SMILES string of the molecule is CC1CC(c2cnc3c(C(F)(F)F)nn(C(CC4CC(CCC(=O)O)N(C5CCN(c6cnc7c(C#N)nn(C(C)c8ccc(Cl)cc8F)c7n6)CC5C)C4)c4ccc(Cl)cc4Cl)c3n2)=CCC1N1CCCC1CO. The van der Waals surface area contributed by atoms with Gasteiger partial charge in [-0.2, -0.15) is 28.6 Å². The van der Waals surface area contributed by atoms with E-state index in [-0.39, 0.29) is 81.9 Å². The number of nitrogens with zero attached hydrogens (tertiary/aromatic N) is 12. The van der Waals surface area contributed by atoms with Crippen LogP contribution in [0.25, 0.3) is 27.9 Å². The number of hydrogen-bond donors (Lipinski definition) is 2. The number of carboxylic acids is 1. The average Bonchev–Trinajstić information content (AvgIpc) is 4.21. The minimum absolute atomic E-state index is 0.00414. The molecule has 0 radical (unpaired) electrons. The van der Waals surface area contributed by atoms with E-state index in [1.165, 1.54) is 21.6 Å². The number of aliphatic hydroxyl groups excluding tert-OH is 1. The van der Waals surface area contributed by atoms with E-state index in [1.54, 1.807) is 43.5 Å². The molecule has 10 rings (SSSR count). The van der Waals surface area contributed by atoms with Gasteiger partial charge in [0.1, 0.15) is 28.7 Å². The van der Waals surface area contributed by atoms with Gasteiger partial charge in [-0.15, -0.1) is 0 Å². The topological polar surface area (TPSA) is 178 Å². The van der Waals surface area contributed by atoms with Gasteiger partial charge in [0, 0.05) is 70.9 Å². The van der Waals surface area contributed by atoms with Gasteiger partial charge < -0.3 is 15.1 Å². The standard InChI is InChI=1S/C53H57Cl3F4N12O3/c1-28-17-32(6-12-43(28)69-15-4-5-36(69)27-73)42-23-62-49-50(53(58,59)60)67-72(52(49)64-42)45(38-11-8-33(54)20-39(38)56)19-31-18-35(9-13-47(74)75)70(26-31)44-14-16-68(25-29(44)2)46-24-63-48-41(22-61)66-71(51(48)65-46)30(3)37-10-7-34(55)21-40(37)57/h6-8,10-11,20-21,23-24,28-31,35-36,43-45,73H,4-5,9,12-19,25-27H2,1-3H3,(H,74,75). The second kappa shape index (κ2) is 21.5. The fourth-order valence-electron chi connectivity index (χ4n) is 12.5. The van der Waals surface area contributed by atoms with Crippen LogP contribution in [0.3, 0.4) is 0 Å². The van der Waals surface area contributed by atoms with Crippen LogP contribution in [0.2, 0.25) is 15.1 Å². The van der Waals surface area contributed by atoms with Crippen molar-refractivity contribution in [2.45, 2.75) is 121 Å². The van der Waals surface area contributed by atoms with Crippen molar-refractivity contribution < 1.29 is 32.6 Å². The third-order valence-corrected chi connectivity index (χ3v) is 17.0. The Morgan fingerprint density at radius 1 is 0.893 bits per heavy atom. The van der Waals surface area contributed by atoms with E-state index in [4.69, 9.17) is 44.8 Å². The molecule has 75 heavy (non-hydrogen) atoms. The number of anilines is 1. The molecule has 0 saturated carbocycles. The first-order valence-electron chi connectivity index (χ1n) is 25.6. The van der Waals surface area contributed by atoms with E-state index in [0.29, 0.717) is 97.0 Å². The molecule has 0 spiro atoms. The van der Waals surface area contributed by atoms with Crippen molar-refractivity contribution in [1.82, 2.24) is 49.3 Å². The van der Waals surface area contributed by atoms with Crippen LogP contribution in [0.15, 0.2) is 54.9 Å². The maximum absolute atomic E-state index is 15.1. The van der Waals surface area contributed by atoms with Crippen LogP contribution in [0.5, 0.6) is 0 Å². The van der Waals surface area contributed by atoms with Gasteiger partial charge in [-0.1, -0.05) is 66.9 Å². The Hall–Kier alpha value is -5.49. The Bertz CT molecular complexity index is 3200. The number of aromatic nitrogens is 8. The Kier molecular flexibility index (Phi) is 15.2. The molecule has 22 heteroatoms. The normalized spacial score (nSPS) is 24.7. The summed E-state index contributed by atoms with van der Waals surface area (Å²) in [5, 5.41) is 39.6. The minimum atomic E-state index is -4.86. The number of carbonyl (C=O) groups is 1. The number of piperidine rings is 1. The molecule has 2 N–H and O–H groups in total. The number of nitriles is 1. The summed E-state index contributed by atoms with van der Waals surface area (Å²) >= 11 is 19.4. The third kappa shape index (κ3) is 10.5. The van der Waals surface area contributed by atoms with Crippen LogP contribution in [0.4, 0.5) is 23.4 Å². The van der Waals surface area contributed by atoms with Crippen LogP contribution >= 0.6 is 34.8 Å². The van der Waals surface area contributed by atoms with Crippen LogP contribution < -0.4 is 4.90 Å². The Morgan fingerprint density at radius 2 is 1.64 bits per heavy atom. The highest BCUT2D eigenvalue weighted by Gasteiger charge is 2.44. The lowest BCUT2D eigenvalue weighted by Crippen LogP contribution is -2.52. The summed E-state index contributed by atoms with van der Waals surface area (Å²) in [6.45, 7) is 8.71. The maximum Gasteiger partial charge on any atom is 0.437 e. The molecule has 15 nitrogen and oxygen atoms in total. The summed E-state index contributed by atoms with van der Waals surface area (Å²) in [7, 11) is 0. The first kappa shape index (κ1) is 52.9. The smallest absolute Gasteiger partial charge is 0.437 e. The largest absolute Gasteiger partial charge is 0.481 e. The van der Waals surface area contributed by atoms with Crippen molar-refractivity contribution >= 4 is 74.5 Å². The van der Waals surface area contributed by atoms with Crippen LogP contribution in [-0.2, 0) is 11.0 Å². The van der Waals surface area contributed by atoms with Crippen molar-refractivity contribution in [1.29, 1.82) is 5.26 Å². The molecule has 1 aliphatic carbocycles. The van der Waals surface area contributed by atoms with E-state index < -0.39 is 35.7 Å². The minimum Gasteiger partial charge on any atom is -0.481 e. The predicted octanol–water partition coefficient (Wildman–Crippen LogP) is 10.7. The molecule has 7 heterocycles. The first-order chi connectivity index (χ1) is 35.9. The molecule has 9 atom stereocenters. The molecule has 0 bridgehead atoms. The second-order valence-electron chi connectivity index (χ2n) is 20.9. The van der Waals surface area contributed by atoms with Gasteiger partial charge in [-0.25, -0.2) is 33.7 Å². The number of fused-ring (bicyclic) bond motifs is 2. The zero-order valence-electron chi connectivity index (χ0n) is 41.6. The first-order valence-corrected chi connectivity index (χ1v) is 26.7. The molecular weight excluding hydrogens is 1040 g/mol. The molecule has 2 aromatic carbocycles. The Balaban J connectivity index is 0.941. The van der Waals surface area contributed by atoms with Crippen molar-refractivity contribution in [3.05, 3.63) is 104 Å². The third-order valence-electron chi connectivity index (χ3n) is 16.2. The zero-order valence-corrected chi connectivity index (χ0v) is 43.9. The second-order valence-corrected chi connectivity index (χ2v) is 22.2. The van der Waals surface area contributed by atoms with Gasteiger partial charge in [0.25, 0.3) is 0 Å². The van der Waals surface area contributed by atoms with Gasteiger partial charge in [0.2, 0.25) is 0 Å². The summed E-state index contributed by atoms with van der Waals surface area (Å²) in [6, 6.07) is 10.1. The molecule has 4 aliphatic rings. The van der Waals surface area contributed by atoms with Crippen molar-refractivity contribution in [3.63, 3.8) is 0 Å². The van der Waals surface area contributed by atoms with E-state index >= 15 is 17.6 Å². The van der Waals surface area contributed by atoms with Crippen molar-refractivity contribution in [3.8, 4) is 6.07 Å². The quantitative estimate of drug-likeness (QED) is 0.0986. The summed E-state index contributed by atoms with van der Waals surface area (Å²) < 4.78 is 63.1. The molecule has 3 saturated heterocycles. The Morgan fingerprint density at radius 3 is 2.33 bits per heavy atom. The molecule has 9 unspecified atom stereocenters. The van der Waals surface area contributed by atoms with E-state index in [9.17, 15) is 20.3 Å². The number of allylic oxidation sites excluding steroid dienone is 1. The lowest BCUT2D eigenvalue weighted by atomic mass is 9.83. The zero-order chi connectivity index (χ0) is 53.0. The van der Waals surface area contributed by atoms with E-state index in [0.717, 1.165) is 25.0 Å². The fourth-order valence-corrected chi connectivity index (χ4v) is 13.2. The number of likely N-dealkylation sites (tertiary alicyclic amines) is 2. The van der Waals surface area contributed by atoms with Gasteiger partial charge in [0.05, 0.1) is 36.8 Å². The lowest BCUT2D eigenvalue weighted by Gasteiger charge is -2.44. The molecule has 0 amide bonds. The number of alkyl halides is 3. The maximum atomic E-state index is 15.1. The highest BCUT2D eigenvalue weighted by atomic mass is 35.5. The van der Waals surface area contributed by atoms with Gasteiger partial charge in [-0.05, 0) is 118 Å². The van der Waals surface area contributed by atoms with E-state index in [2.05, 4.69) is 60.9 Å². The Labute approximate surface area is 446 Å². The van der Waals surface area contributed by atoms with Crippen LogP contribution in [-0.4, -0.2) is 122 Å². The predicted molar refractivity (Wildman–Crippen MR) is 277 cm³/mol. The summed E-state index contributed by atoms with van der Waals surface area (Å²) in [4.78, 5) is 38.0. The van der Waals surface area contributed by atoms with Gasteiger partial charge >= 0.3 is 12.1 Å². The van der Waals surface area contributed by atoms with Crippen LogP contribution in [0, 0.1) is 34.9 Å². The summed E-state index contributed by atoms with van der Waals surface area (Å²) in [6.07, 6.45) is 5.40. The summed E-state index contributed by atoms with van der Waals surface area (Å²) in [5.74, 6) is -0.808. The average molecular weight is 1090 g/mol. The highest BCUT2D eigenvalue weighted by molar-refractivity contribution is 6.35. The number of carboxylic acid groups (broad SMARTS) is 1. The molecule has 6 aromatic rings. The number of rotatable bonds is 14. The fraction of sp³-hybridized carbons (Fsp3) is 0.509. The molecular formula is C53H57Cl3F4N12O3. The highest BCUT2D eigenvalue weighted by Crippen LogP contribution is 2.44. The lowest BCUT2D eigenvalue weighted by molar-refractivity contribution is -0.140. The van der Waals surface area contributed by atoms with Gasteiger partial charge in [-0.3, -0.25) is 14.6 Å². The number of aliphatic hydroxyl groups is 1. The monoisotopic (exact) mass is 1090 g/mol. The molecule has 396 valence electrons. The van der Waals surface area contributed by atoms with Crippen LogP contribution in [0.1, 0.15) is 119 Å². The molecule has 3 aliphatic heterocycles. The molecule has 4 aromatic heterocycles. The van der Waals surface area contributed by atoms with Crippen molar-refractivity contribution in [2.75, 3.05) is 37.7 Å². The number of aliphatic carboxylic acids is 1. The number of hydrogen-bond acceptors (Lipinski definition) is 12. The number of halogens is 7. The number of benzene rings is 2. The van der Waals surface area contributed by atoms with Crippen molar-refractivity contribution in [2.24, 2.45) is 17.8 Å².